The Balaban J connectivity index is 2.19. The number of likely N-dealkylation sites (N-methyl/N-ethyl adjacent to an activating group) is 1. The van der Waals surface area contributed by atoms with E-state index in [2.05, 4.69) is 5.32 Å². The molecule has 1 N–H and O–H groups in total. The van der Waals surface area contributed by atoms with Gasteiger partial charge in [-0.2, -0.15) is 4.31 Å². The first-order chi connectivity index (χ1) is 15.0. The van der Waals surface area contributed by atoms with E-state index in [0.29, 0.717) is 10.8 Å². The molecule has 0 radical (unpaired) electrons. The maximum absolute atomic E-state index is 13.0. The molecule has 8 nitrogen and oxygen atoms in total. The minimum absolute atomic E-state index is 0.122. The van der Waals surface area contributed by atoms with Gasteiger partial charge in [0.2, 0.25) is 21.8 Å². The van der Waals surface area contributed by atoms with E-state index in [4.69, 9.17) is 16.3 Å². The molecule has 0 bridgehead atoms. The summed E-state index contributed by atoms with van der Waals surface area (Å²) < 4.78 is 29.8. The first kappa shape index (κ1) is 25.6. The number of amides is 2. The first-order valence-corrected chi connectivity index (χ1v) is 12.1. The summed E-state index contributed by atoms with van der Waals surface area (Å²) in [5.74, 6) is -0.225. The highest BCUT2D eigenvalue weighted by Crippen LogP contribution is 2.18. The first-order valence-electron chi connectivity index (χ1n) is 9.87. The highest BCUT2D eigenvalue weighted by atomic mass is 35.5. The molecule has 32 heavy (non-hydrogen) atoms. The highest BCUT2D eigenvalue weighted by molar-refractivity contribution is 7.88. The van der Waals surface area contributed by atoms with Gasteiger partial charge < -0.3 is 15.0 Å². The number of ether oxygens (including phenoxy) is 1. The van der Waals surface area contributed by atoms with Gasteiger partial charge in [-0.3, -0.25) is 9.59 Å². The van der Waals surface area contributed by atoms with Crippen LogP contribution in [0.1, 0.15) is 18.1 Å². The minimum Gasteiger partial charge on any atom is -0.496 e. The molecular formula is C22H28ClN3O5S. The maximum atomic E-state index is 13.0. The largest absolute Gasteiger partial charge is 0.496 e. The summed E-state index contributed by atoms with van der Waals surface area (Å²) in [6, 6.07) is 13.3. The van der Waals surface area contributed by atoms with Crippen LogP contribution in [0.25, 0.3) is 0 Å². The Labute approximate surface area is 194 Å². The van der Waals surface area contributed by atoms with Crippen LogP contribution in [-0.2, 0) is 32.7 Å². The van der Waals surface area contributed by atoms with Gasteiger partial charge in [-0.15, -0.1) is 0 Å². The molecule has 2 aromatic rings. The molecule has 0 saturated carbocycles. The van der Waals surface area contributed by atoms with E-state index in [1.807, 2.05) is 18.2 Å². The Morgan fingerprint density at radius 3 is 2.34 bits per heavy atom. The van der Waals surface area contributed by atoms with Crippen molar-refractivity contribution >= 4 is 33.4 Å². The number of rotatable bonds is 10. The van der Waals surface area contributed by atoms with E-state index in [0.717, 1.165) is 21.7 Å². The Bertz CT molecular complexity index is 1040. The van der Waals surface area contributed by atoms with Gasteiger partial charge in [-0.05, 0) is 30.7 Å². The van der Waals surface area contributed by atoms with E-state index >= 15 is 0 Å². The van der Waals surface area contributed by atoms with Gasteiger partial charge in [0.1, 0.15) is 11.8 Å². The van der Waals surface area contributed by atoms with Crippen LogP contribution in [0.2, 0.25) is 5.02 Å². The number of carbonyl (C=O) groups excluding carboxylic acids is 2. The van der Waals surface area contributed by atoms with Crippen molar-refractivity contribution in [3.05, 3.63) is 64.7 Å². The van der Waals surface area contributed by atoms with Crippen LogP contribution in [0.5, 0.6) is 5.75 Å². The standard InChI is InChI=1S/C22H28ClN3O5S/c1-16(22(28)24-13-18-7-5-6-8-20(18)31-3)26(14-17-9-11-19(23)12-10-17)21(27)15-25(2)32(4,29)30/h5-12,16H,13-15H2,1-4H3,(H,24,28)/t16-/m1/s1. The van der Waals surface area contributed by atoms with E-state index in [1.165, 1.54) is 11.9 Å². The number of methoxy groups -OCH3 is 1. The van der Waals surface area contributed by atoms with Gasteiger partial charge in [0.05, 0.1) is 19.9 Å². The third kappa shape index (κ3) is 7.22. The lowest BCUT2D eigenvalue weighted by Crippen LogP contribution is -2.50. The van der Waals surface area contributed by atoms with Gasteiger partial charge in [0.15, 0.2) is 0 Å². The molecule has 2 amide bonds. The van der Waals surface area contributed by atoms with Crippen molar-refractivity contribution < 1.29 is 22.7 Å². The van der Waals surface area contributed by atoms with Crippen LogP contribution < -0.4 is 10.1 Å². The number of hydrogen-bond donors (Lipinski definition) is 1. The van der Waals surface area contributed by atoms with Crippen LogP contribution in [0.15, 0.2) is 48.5 Å². The Kier molecular flexibility index (Phi) is 9.06. The fourth-order valence-corrected chi connectivity index (χ4v) is 3.42. The fourth-order valence-electron chi connectivity index (χ4n) is 2.95. The van der Waals surface area contributed by atoms with Gasteiger partial charge in [0.25, 0.3) is 0 Å². The molecule has 2 aromatic carbocycles. The Hall–Kier alpha value is -2.62. The molecule has 0 heterocycles. The fraction of sp³-hybridized carbons (Fsp3) is 0.364. The van der Waals surface area contributed by atoms with E-state index < -0.39 is 22.0 Å². The molecule has 2 rings (SSSR count). The number of hydrogen-bond acceptors (Lipinski definition) is 5. The molecule has 174 valence electrons. The summed E-state index contributed by atoms with van der Waals surface area (Å²) in [6.45, 7) is 1.57. The van der Waals surface area contributed by atoms with Crippen molar-refractivity contribution in [2.75, 3.05) is 27.0 Å². The lowest BCUT2D eigenvalue weighted by molar-refractivity contribution is -0.140. The lowest BCUT2D eigenvalue weighted by atomic mass is 10.1. The molecule has 0 fully saturated rings. The Morgan fingerprint density at radius 2 is 1.75 bits per heavy atom. The van der Waals surface area contributed by atoms with Gasteiger partial charge in [-0.1, -0.05) is 41.9 Å². The molecule has 0 aliphatic carbocycles. The predicted molar refractivity (Wildman–Crippen MR) is 124 cm³/mol. The normalized spacial score (nSPS) is 12.3. The molecule has 0 spiro atoms. The minimum atomic E-state index is -3.56. The lowest BCUT2D eigenvalue weighted by Gasteiger charge is -2.30. The topological polar surface area (TPSA) is 96.0 Å². The summed E-state index contributed by atoms with van der Waals surface area (Å²) in [5.41, 5.74) is 1.55. The summed E-state index contributed by atoms with van der Waals surface area (Å²) in [7, 11) is -0.687. The second-order valence-electron chi connectivity index (χ2n) is 7.37. The van der Waals surface area contributed by atoms with Gasteiger partial charge in [0, 0.05) is 30.7 Å². The summed E-state index contributed by atoms with van der Waals surface area (Å²) in [6.07, 6.45) is 1.02. The summed E-state index contributed by atoms with van der Waals surface area (Å²) in [4.78, 5) is 27.2. The van der Waals surface area contributed by atoms with Crippen molar-refractivity contribution in [3.8, 4) is 5.75 Å². The summed E-state index contributed by atoms with van der Waals surface area (Å²) >= 11 is 5.94. The van der Waals surface area contributed by atoms with Crippen molar-refractivity contribution in [1.29, 1.82) is 0 Å². The molecule has 1 atom stereocenters. The van der Waals surface area contributed by atoms with E-state index in [9.17, 15) is 18.0 Å². The third-order valence-corrected chi connectivity index (χ3v) is 6.52. The average molecular weight is 482 g/mol. The smallest absolute Gasteiger partial charge is 0.242 e. The van der Waals surface area contributed by atoms with Crippen LogP contribution in [0.3, 0.4) is 0 Å². The van der Waals surface area contributed by atoms with Crippen LogP contribution >= 0.6 is 11.6 Å². The van der Waals surface area contributed by atoms with Crippen molar-refractivity contribution in [1.82, 2.24) is 14.5 Å². The zero-order valence-electron chi connectivity index (χ0n) is 18.5. The van der Waals surface area contributed by atoms with Crippen molar-refractivity contribution in [2.24, 2.45) is 0 Å². The second kappa shape index (κ2) is 11.3. The number of nitrogens with one attached hydrogen (secondary N) is 1. The molecule has 0 aliphatic rings. The SMILES string of the molecule is COc1ccccc1CNC(=O)[C@@H](C)N(Cc1ccc(Cl)cc1)C(=O)CN(C)S(C)(=O)=O. The maximum Gasteiger partial charge on any atom is 0.242 e. The zero-order valence-corrected chi connectivity index (χ0v) is 20.1. The number of benzene rings is 2. The number of halogens is 1. The third-order valence-electron chi connectivity index (χ3n) is 5.00. The molecule has 0 aliphatic heterocycles. The van der Waals surface area contributed by atoms with Gasteiger partial charge >= 0.3 is 0 Å². The molecule has 0 saturated heterocycles. The molecular weight excluding hydrogens is 454 g/mol. The second-order valence-corrected chi connectivity index (χ2v) is 9.90. The number of carbonyl (C=O) groups is 2. The van der Waals surface area contributed by atoms with Crippen molar-refractivity contribution in [3.63, 3.8) is 0 Å². The van der Waals surface area contributed by atoms with E-state index in [-0.39, 0.29) is 25.5 Å². The van der Waals surface area contributed by atoms with Gasteiger partial charge in [-0.25, -0.2) is 8.42 Å². The zero-order chi connectivity index (χ0) is 23.9. The molecule has 0 aromatic heterocycles. The highest BCUT2D eigenvalue weighted by Gasteiger charge is 2.28. The summed E-state index contributed by atoms with van der Waals surface area (Å²) in [5, 5.41) is 3.37. The molecule has 0 unspecified atom stereocenters. The average Bonchev–Trinajstić information content (AvgIpc) is 2.75. The van der Waals surface area contributed by atoms with Crippen LogP contribution in [0.4, 0.5) is 0 Å². The number of para-hydroxylation sites is 1. The quantitative estimate of drug-likeness (QED) is 0.561. The monoisotopic (exact) mass is 481 g/mol. The number of sulfonamides is 1. The van der Waals surface area contributed by atoms with Crippen LogP contribution in [-0.4, -0.2) is 62.4 Å². The van der Waals surface area contributed by atoms with E-state index in [1.54, 1.807) is 44.4 Å². The number of nitrogens with zero attached hydrogens (tertiary/aromatic N) is 2. The Morgan fingerprint density at radius 1 is 1.12 bits per heavy atom. The predicted octanol–water partition coefficient (Wildman–Crippen LogP) is 2.27. The van der Waals surface area contributed by atoms with Crippen LogP contribution in [0, 0.1) is 0 Å². The van der Waals surface area contributed by atoms with Crippen molar-refractivity contribution in [2.45, 2.75) is 26.1 Å². The molecule has 10 heteroatoms.